The number of rotatable bonds is 6. The van der Waals surface area contributed by atoms with Crippen molar-refractivity contribution >= 4 is 25.7 Å². The summed E-state index contributed by atoms with van der Waals surface area (Å²) in [5.74, 6) is -0.168. The standard InChI is InChI=1S/C11H17N5O5S2/c1-11(2,7-22(12,17)18)6-21-9-4-3-8-14-5-10(16(8)15-9)23(13,19)20/h3-5H,6-7H2,1-2H3,(H2,12,17,18)(H2,13,19,20). The summed E-state index contributed by atoms with van der Waals surface area (Å²) in [6.45, 7) is 3.35. The predicted octanol–water partition coefficient (Wildman–Crippen LogP) is -0.930. The Morgan fingerprint density at radius 3 is 2.43 bits per heavy atom. The number of fused-ring (bicyclic) bond motifs is 1. The Kier molecular flexibility index (Phi) is 4.36. The van der Waals surface area contributed by atoms with Crippen LogP contribution in [0.4, 0.5) is 0 Å². The lowest BCUT2D eigenvalue weighted by atomic mass is 9.98. The molecule has 0 atom stereocenters. The van der Waals surface area contributed by atoms with E-state index in [4.69, 9.17) is 15.0 Å². The third-order valence-corrected chi connectivity index (χ3v) is 4.85. The van der Waals surface area contributed by atoms with Crippen LogP contribution in [0.15, 0.2) is 23.4 Å². The SMILES string of the molecule is CC(C)(COc1ccc2ncc(S(N)(=O)=O)n2n1)CS(N)(=O)=O. The average Bonchev–Trinajstić information content (AvgIpc) is 2.76. The predicted molar refractivity (Wildman–Crippen MR) is 81.6 cm³/mol. The van der Waals surface area contributed by atoms with Crippen molar-refractivity contribution < 1.29 is 21.6 Å². The fourth-order valence-corrected chi connectivity index (χ4v) is 3.71. The lowest BCUT2D eigenvalue weighted by Crippen LogP contribution is -2.33. The molecule has 12 heteroatoms. The molecule has 0 radical (unpaired) electrons. The summed E-state index contributed by atoms with van der Waals surface area (Å²) in [6.07, 6.45) is 1.09. The van der Waals surface area contributed by atoms with E-state index >= 15 is 0 Å². The van der Waals surface area contributed by atoms with Gasteiger partial charge in [0.25, 0.3) is 10.0 Å². The summed E-state index contributed by atoms with van der Waals surface area (Å²) in [7, 11) is -7.63. The second-order valence-electron chi connectivity index (χ2n) is 5.84. The van der Waals surface area contributed by atoms with Gasteiger partial charge in [0.2, 0.25) is 15.9 Å². The quantitative estimate of drug-likeness (QED) is 0.670. The van der Waals surface area contributed by atoms with Crippen LogP contribution < -0.4 is 15.0 Å². The molecule has 0 unspecified atom stereocenters. The topological polar surface area (TPSA) is 160 Å². The normalized spacial score (nSPS) is 13.4. The molecule has 0 amide bonds. The molecule has 2 aromatic rings. The number of aromatic nitrogens is 3. The van der Waals surface area contributed by atoms with Gasteiger partial charge >= 0.3 is 0 Å². The lowest BCUT2D eigenvalue weighted by Gasteiger charge is -2.22. The Morgan fingerprint density at radius 2 is 1.87 bits per heavy atom. The van der Waals surface area contributed by atoms with Crippen molar-refractivity contribution in [1.82, 2.24) is 14.6 Å². The zero-order valence-corrected chi connectivity index (χ0v) is 14.1. The number of hydrogen-bond acceptors (Lipinski definition) is 7. The minimum absolute atomic E-state index is 0.0152. The van der Waals surface area contributed by atoms with Gasteiger partial charge in [-0.15, -0.1) is 5.10 Å². The molecular formula is C11H17N5O5S2. The van der Waals surface area contributed by atoms with Crippen molar-refractivity contribution in [3.63, 3.8) is 0 Å². The summed E-state index contributed by atoms with van der Waals surface area (Å²) in [4.78, 5) is 3.87. The molecule has 128 valence electrons. The molecular weight excluding hydrogens is 346 g/mol. The fraction of sp³-hybridized carbons (Fsp3) is 0.455. The van der Waals surface area contributed by atoms with Crippen molar-refractivity contribution in [2.75, 3.05) is 12.4 Å². The first kappa shape index (κ1) is 17.6. The van der Waals surface area contributed by atoms with Gasteiger partial charge in [0.1, 0.15) is 0 Å². The summed E-state index contributed by atoms with van der Waals surface area (Å²) in [6, 6.07) is 2.99. The van der Waals surface area contributed by atoms with Gasteiger partial charge in [-0.05, 0) is 6.07 Å². The Morgan fingerprint density at radius 1 is 1.22 bits per heavy atom. The first-order valence-electron chi connectivity index (χ1n) is 6.38. The van der Waals surface area contributed by atoms with Crippen LogP contribution in [0.5, 0.6) is 5.88 Å². The van der Waals surface area contributed by atoms with Crippen LogP contribution in [0, 0.1) is 5.41 Å². The van der Waals surface area contributed by atoms with Crippen LogP contribution in [0.1, 0.15) is 13.8 Å². The molecule has 0 bridgehead atoms. The van der Waals surface area contributed by atoms with Crippen molar-refractivity contribution in [3.05, 3.63) is 18.3 Å². The molecule has 2 aromatic heterocycles. The van der Waals surface area contributed by atoms with Gasteiger partial charge in [0.15, 0.2) is 10.7 Å². The van der Waals surface area contributed by atoms with Gasteiger partial charge in [-0.3, -0.25) is 0 Å². The van der Waals surface area contributed by atoms with E-state index < -0.39 is 25.5 Å². The maximum atomic E-state index is 11.4. The van der Waals surface area contributed by atoms with Gasteiger partial charge < -0.3 is 4.74 Å². The van der Waals surface area contributed by atoms with Crippen LogP contribution in [0.2, 0.25) is 0 Å². The fourth-order valence-electron chi connectivity index (χ4n) is 1.96. The number of primary sulfonamides is 2. The molecule has 0 fully saturated rings. The zero-order chi connectivity index (χ0) is 17.5. The van der Waals surface area contributed by atoms with Crippen LogP contribution in [-0.2, 0) is 20.0 Å². The van der Waals surface area contributed by atoms with Crippen LogP contribution in [0.3, 0.4) is 0 Å². The Hall–Kier alpha value is -1.76. The third-order valence-electron chi connectivity index (χ3n) is 2.80. The highest BCUT2D eigenvalue weighted by molar-refractivity contribution is 7.89. The van der Waals surface area contributed by atoms with E-state index in [1.165, 1.54) is 12.1 Å². The van der Waals surface area contributed by atoms with E-state index in [1.54, 1.807) is 13.8 Å². The largest absolute Gasteiger partial charge is 0.476 e. The van der Waals surface area contributed by atoms with E-state index in [2.05, 4.69) is 10.1 Å². The summed E-state index contributed by atoms with van der Waals surface area (Å²) in [5, 5.41) is 13.8. The van der Waals surface area contributed by atoms with E-state index in [-0.39, 0.29) is 28.9 Å². The number of imidazole rings is 1. The van der Waals surface area contributed by atoms with E-state index in [1.807, 2.05) is 0 Å². The summed E-state index contributed by atoms with van der Waals surface area (Å²) < 4.78 is 51.7. The second kappa shape index (κ2) is 5.70. The number of nitrogens with zero attached hydrogens (tertiary/aromatic N) is 3. The maximum absolute atomic E-state index is 11.4. The molecule has 2 heterocycles. The Balaban J connectivity index is 2.25. The number of ether oxygens (including phenoxy) is 1. The number of sulfonamides is 2. The smallest absolute Gasteiger partial charge is 0.257 e. The first-order valence-corrected chi connectivity index (χ1v) is 9.64. The van der Waals surface area contributed by atoms with Crippen molar-refractivity contribution in [2.24, 2.45) is 15.7 Å². The highest BCUT2D eigenvalue weighted by atomic mass is 32.2. The van der Waals surface area contributed by atoms with Crippen LogP contribution in [0.25, 0.3) is 5.65 Å². The molecule has 0 saturated carbocycles. The monoisotopic (exact) mass is 363 g/mol. The lowest BCUT2D eigenvalue weighted by molar-refractivity contribution is 0.191. The van der Waals surface area contributed by atoms with E-state index in [0.717, 1.165) is 10.7 Å². The molecule has 0 spiro atoms. The number of hydrogen-bond donors (Lipinski definition) is 2. The van der Waals surface area contributed by atoms with E-state index in [0.29, 0.717) is 0 Å². The molecule has 2 rings (SSSR count). The highest BCUT2D eigenvalue weighted by Crippen LogP contribution is 2.20. The molecule has 0 aliphatic rings. The molecule has 0 aliphatic heterocycles. The molecule has 0 aromatic carbocycles. The Bertz CT molecular complexity index is 933. The molecule has 23 heavy (non-hydrogen) atoms. The van der Waals surface area contributed by atoms with Crippen molar-refractivity contribution in [3.8, 4) is 5.88 Å². The summed E-state index contributed by atoms with van der Waals surface area (Å²) >= 11 is 0. The van der Waals surface area contributed by atoms with Crippen LogP contribution in [-0.4, -0.2) is 43.8 Å². The zero-order valence-electron chi connectivity index (χ0n) is 12.5. The van der Waals surface area contributed by atoms with Gasteiger partial charge in [0, 0.05) is 11.5 Å². The second-order valence-corrected chi connectivity index (χ2v) is 8.97. The maximum Gasteiger partial charge on any atom is 0.257 e. The van der Waals surface area contributed by atoms with E-state index in [9.17, 15) is 16.8 Å². The number of nitrogens with two attached hydrogens (primary N) is 2. The van der Waals surface area contributed by atoms with Crippen molar-refractivity contribution in [1.29, 1.82) is 0 Å². The third kappa shape index (κ3) is 4.60. The average molecular weight is 363 g/mol. The molecule has 0 aliphatic carbocycles. The minimum atomic E-state index is -3.98. The highest BCUT2D eigenvalue weighted by Gasteiger charge is 2.25. The summed E-state index contributed by atoms with van der Waals surface area (Å²) in [5.41, 5.74) is -0.466. The van der Waals surface area contributed by atoms with Gasteiger partial charge in [-0.1, -0.05) is 13.8 Å². The van der Waals surface area contributed by atoms with Gasteiger partial charge in [-0.2, -0.15) is 4.52 Å². The van der Waals surface area contributed by atoms with Crippen LogP contribution >= 0.6 is 0 Å². The first-order chi connectivity index (χ1) is 10.4. The van der Waals surface area contributed by atoms with Gasteiger partial charge in [0.05, 0.1) is 18.6 Å². The molecule has 4 N–H and O–H groups in total. The Labute approximate surface area is 133 Å². The minimum Gasteiger partial charge on any atom is -0.476 e. The van der Waals surface area contributed by atoms with Crippen molar-refractivity contribution in [2.45, 2.75) is 18.9 Å². The molecule has 0 saturated heterocycles. The van der Waals surface area contributed by atoms with Gasteiger partial charge in [-0.25, -0.2) is 32.1 Å². The molecule has 10 nitrogen and oxygen atoms in total.